The van der Waals surface area contributed by atoms with Crippen LogP contribution >= 0.6 is 0 Å². The van der Waals surface area contributed by atoms with Gasteiger partial charge in [-0.2, -0.15) is 0 Å². The van der Waals surface area contributed by atoms with Crippen molar-refractivity contribution in [2.24, 2.45) is 5.92 Å². The van der Waals surface area contributed by atoms with Gasteiger partial charge >= 0.3 is 0 Å². The second-order valence-corrected chi connectivity index (χ2v) is 5.83. The van der Waals surface area contributed by atoms with Crippen molar-refractivity contribution in [3.8, 4) is 0 Å². The topological polar surface area (TPSA) is 47.0 Å². The van der Waals surface area contributed by atoms with E-state index in [-0.39, 0.29) is 6.10 Å². The molecule has 0 aromatic carbocycles. The second-order valence-electron chi connectivity index (χ2n) is 5.83. The summed E-state index contributed by atoms with van der Waals surface area (Å²) in [6.07, 6.45) is 3.63. The molecular formula is C16H27N3O. The van der Waals surface area contributed by atoms with E-state index in [1.807, 2.05) is 6.92 Å². The molecule has 1 atom stereocenters. The molecule has 1 fully saturated rings. The van der Waals surface area contributed by atoms with E-state index in [0.29, 0.717) is 18.4 Å². The first-order valence-corrected chi connectivity index (χ1v) is 7.90. The summed E-state index contributed by atoms with van der Waals surface area (Å²) in [7, 11) is 0. The average Bonchev–Trinajstić information content (AvgIpc) is 3.26. The van der Waals surface area contributed by atoms with Crippen molar-refractivity contribution in [1.82, 2.24) is 9.97 Å². The normalized spacial score (nSPS) is 16.4. The van der Waals surface area contributed by atoms with Gasteiger partial charge in [0.25, 0.3) is 0 Å². The molecule has 1 aromatic rings. The second kappa shape index (κ2) is 7.02. The van der Waals surface area contributed by atoms with Crippen molar-refractivity contribution in [3.05, 3.63) is 17.6 Å². The largest absolute Gasteiger partial charge is 0.370 e. The number of hydrogen-bond donors (Lipinski definition) is 1. The fourth-order valence-electron chi connectivity index (χ4n) is 2.25. The van der Waals surface area contributed by atoms with Crippen LogP contribution in [0.2, 0.25) is 0 Å². The van der Waals surface area contributed by atoms with E-state index in [0.717, 1.165) is 30.3 Å². The monoisotopic (exact) mass is 277 g/mol. The third-order valence-electron chi connectivity index (χ3n) is 3.56. The molecule has 1 N–H and O–H groups in total. The van der Waals surface area contributed by atoms with Crippen molar-refractivity contribution in [3.63, 3.8) is 0 Å². The highest BCUT2D eigenvalue weighted by Crippen LogP contribution is 2.42. The van der Waals surface area contributed by atoms with Crippen LogP contribution in [0.1, 0.15) is 70.5 Å². The molecule has 0 radical (unpaired) electrons. The molecule has 1 aliphatic rings. The van der Waals surface area contributed by atoms with Gasteiger partial charge in [0.1, 0.15) is 11.9 Å². The molecule has 2 rings (SSSR count). The zero-order valence-corrected chi connectivity index (χ0v) is 13.1. The first kappa shape index (κ1) is 15.2. The van der Waals surface area contributed by atoms with Crippen LogP contribution in [0.3, 0.4) is 0 Å². The summed E-state index contributed by atoms with van der Waals surface area (Å²) in [5, 5.41) is 3.38. The zero-order chi connectivity index (χ0) is 14.5. The number of hydrogen-bond acceptors (Lipinski definition) is 4. The van der Waals surface area contributed by atoms with E-state index >= 15 is 0 Å². The van der Waals surface area contributed by atoms with Crippen molar-refractivity contribution >= 4 is 5.82 Å². The molecular weight excluding hydrogens is 250 g/mol. The highest BCUT2D eigenvalue weighted by Gasteiger charge is 2.35. The summed E-state index contributed by atoms with van der Waals surface area (Å²) in [6.45, 7) is 10.2. The van der Waals surface area contributed by atoms with Crippen molar-refractivity contribution in [1.29, 1.82) is 0 Å². The molecule has 4 heteroatoms. The Kier molecular flexibility index (Phi) is 5.35. The van der Waals surface area contributed by atoms with Crippen LogP contribution in [0.25, 0.3) is 0 Å². The van der Waals surface area contributed by atoms with E-state index in [4.69, 9.17) is 9.72 Å². The third-order valence-corrected chi connectivity index (χ3v) is 3.56. The number of ether oxygens (including phenoxy) is 1. The van der Waals surface area contributed by atoms with Gasteiger partial charge in [0, 0.05) is 24.9 Å². The highest BCUT2D eigenvalue weighted by molar-refractivity contribution is 5.37. The van der Waals surface area contributed by atoms with E-state index in [1.165, 1.54) is 12.8 Å². The maximum atomic E-state index is 5.89. The molecule has 1 aromatic heterocycles. The van der Waals surface area contributed by atoms with Gasteiger partial charge in [-0.15, -0.1) is 0 Å². The summed E-state index contributed by atoms with van der Waals surface area (Å²) in [5.74, 6) is 2.81. The van der Waals surface area contributed by atoms with Gasteiger partial charge in [-0.3, -0.25) is 0 Å². The molecule has 0 bridgehead atoms. The van der Waals surface area contributed by atoms with Gasteiger partial charge in [-0.05, 0) is 38.0 Å². The highest BCUT2D eigenvalue weighted by atomic mass is 16.5. The predicted molar refractivity (Wildman–Crippen MR) is 82.0 cm³/mol. The Morgan fingerprint density at radius 2 is 2.05 bits per heavy atom. The molecule has 112 valence electrons. The Labute approximate surface area is 122 Å². The molecule has 20 heavy (non-hydrogen) atoms. The first-order chi connectivity index (χ1) is 9.65. The standard InChI is InChI=1S/C16H27N3O/c1-5-9-17-14-10-13(11(3)4)18-16(19-14)15(20-6-2)12-7-8-12/h10-12,15H,5-9H2,1-4H3,(H,17,18,19). The van der Waals surface area contributed by atoms with E-state index in [1.54, 1.807) is 0 Å². The molecule has 1 unspecified atom stereocenters. The summed E-state index contributed by atoms with van der Waals surface area (Å²) < 4.78 is 5.89. The Hall–Kier alpha value is -1.16. The Bertz CT molecular complexity index is 430. The van der Waals surface area contributed by atoms with Crippen LogP contribution in [0, 0.1) is 5.92 Å². The summed E-state index contributed by atoms with van der Waals surface area (Å²) in [5.41, 5.74) is 1.10. The molecule has 1 heterocycles. The lowest BCUT2D eigenvalue weighted by Gasteiger charge is -2.18. The number of rotatable bonds is 8. The van der Waals surface area contributed by atoms with E-state index in [9.17, 15) is 0 Å². The molecule has 1 saturated carbocycles. The lowest BCUT2D eigenvalue weighted by Crippen LogP contribution is -2.15. The minimum absolute atomic E-state index is 0.0703. The Balaban J connectivity index is 2.26. The SMILES string of the molecule is CCCNc1cc(C(C)C)nc(C(OCC)C2CC2)n1. The maximum absolute atomic E-state index is 5.89. The van der Waals surface area contributed by atoms with Crippen LogP contribution in [0.15, 0.2) is 6.07 Å². The molecule has 0 spiro atoms. The van der Waals surface area contributed by atoms with Gasteiger partial charge in [-0.1, -0.05) is 20.8 Å². The third kappa shape index (κ3) is 3.92. The zero-order valence-electron chi connectivity index (χ0n) is 13.1. The number of anilines is 1. The van der Waals surface area contributed by atoms with Gasteiger partial charge in [-0.25, -0.2) is 9.97 Å². The number of aromatic nitrogens is 2. The smallest absolute Gasteiger partial charge is 0.160 e. The van der Waals surface area contributed by atoms with Crippen LogP contribution < -0.4 is 5.32 Å². The van der Waals surface area contributed by atoms with Crippen LogP contribution in [0.4, 0.5) is 5.82 Å². The van der Waals surface area contributed by atoms with E-state index in [2.05, 4.69) is 37.1 Å². The van der Waals surface area contributed by atoms with Crippen molar-refractivity contribution in [2.75, 3.05) is 18.5 Å². The van der Waals surface area contributed by atoms with E-state index < -0.39 is 0 Å². The summed E-state index contributed by atoms with van der Waals surface area (Å²) in [4.78, 5) is 9.43. The quantitative estimate of drug-likeness (QED) is 0.782. The lowest BCUT2D eigenvalue weighted by molar-refractivity contribution is 0.0399. The first-order valence-electron chi connectivity index (χ1n) is 7.90. The van der Waals surface area contributed by atoms with Gasteiger partial charge in [0.05, 0.1) is 0 Å². The van der Waals surface area contributed by atoms with Gasteiger partial charge < -0.3 is 10.1 Å². The van der Waals surface area contributed by atoms with Gasteiger partial charge in [0.2, 0.25) is 0 Å². The molecule has 4 nitrogen and oxygen atoms in total. The molecule has 0 aliphatic heterocycles. The van der Waals surface area contributed by atoms with Crippen molar-refractivity contribution < 1.29 is 4.74 Å². The minimum atomic E-state index is 0.0703. The minimum Gasteiger partial charge on any atom is -0.370 e. The fourth-order valence-corrected chi connectivity index (χ4v) is 2.25. The number of nitrogens with one attached hydrogen (secondary N) is 1. The maximum Gasteiger partial charge on any atom is 0.160 e. The number of nitrogens with zero attached hydrogens (tertiary/aromatic N) is 2. The lowest BCUT2D eigenvalue weighted by atomic mass is 10.1. The average molecular weight is 277 g/mol. The summed E-state index contributed by atoms with van der Waals surface area (Å²) in [6, 6.07) is 2.07. The Morgan fingerprint density at radius 1 is 1.30 bits per heavy atom. The predicted octanol–water partition coefficient (Wildman–Crippen LogP) is 3.91. The van der Waals surface area contributed by atoms with Crippen LogP contribution in [-0.4, -0.2) is 23.1 Å². The molecule has 0 amide bonds. The van der Waals surface area contributed by atoms with Crippen LogP contribution in [0.5, 0.6) is 0 Å². The fraction of sp³-hybridized carbons (Fsp3) is 0.750. The Morgan fingerprint density at radius 3 is 2.60 bits per heavy atom. The molecule has 1 aliphatic carbocycles. The summed E-state index contributed by atoms with van der Waals surface area (Å²) >= 11 is 0. The van der Waals surface area contributed by atoms with Crippen molar-refractivity contribution in [2.45, 2.75) is 59.0 Å². The molecule has 0 saturated heterocycles. The van der Waals surface area contributed by atoms with Gasteiger partial charge in [0.15, 0.2) is 5.82 Å². The van der Waals surface area contributed by atoms with Crippen LogP contribution in [-0.2, 0) is 4.74 Å².